The Morgan fingerprint density at radius 3 is 2.00 bits per heavy atom. The summed E-state index contributed by atoms with van der Waals surface area (Å²) >= 11 is 0. The predicted molar refractivity (Wildman–Crippen MR) is 135 cm³/mol. The summed E-state index contributed by atoms with van der Waals surface area (Å²) in [7, 11) is -3.83. The number of hydrazine groups is 1. The molecule has 0 saturated carbocycles. The maximum atomic E-state index is 12.6. The van der Waals surface area contributed by atoms with Gasteiger partial charge in [-0.2, -0.15) is 0 Å². The fourth-order valence-corrected chi connectivity index (χ4v) is 4.45. The van der Waals surface area contributed by atoms with Crippen LogP contribution in [0.5, 0.6) is 0 Å². The van der Waals surface area contributed by atoms with Gasteiger partial charge in [0.05, 0.1) is 4.90 Å². The summed E-state index contributed by atoms with van der Waals surface area (Å²) in [6, 6.07) is 21.9. The summed E-state index contributed by atoms with van der Waals surface area (Å²) in [6.07, 6.45) is 0. The third kappa shape index (κ3) is 7.48. The summed E-state index contributed by atoms with van der Waals surface area (Å²) in [5.74, 6) is -1.10. The summed E-state index contributed by atoms with van der Waals surface area (Å²) in [4.78, 5) is 27.2. The van der Waals surface area contributed by atoms with Crippen LogP contribution >= 0.6 is 0 Å². The maximum absolute atomic E-state index is 12.6. The van der Waals surface area contributed by atoms with E-state index in [9.17, 15) is 18.0 Å². The summed E-state index contributed by atoms with van der Waals surface area (Å²) in [5, 5.41) is 0. The number of nitrogens with zero attached hydrogens (tertiary/aromatic N) is 1. The molecule has 9 heteroatoms. The van der Waals surface area contributed by atoms with Gasteiger partial charge in [0.25, 0.3) is 11.8 Å². The summed E-state index contributed by atoms with van der Waals surface area (Å²) in [6.45, 7) is 7.00. The standard InChI is InChI=1S/C26H30N4O4S/c1-3-30(4-2)19-21-13-15-22(16-14-21)25(31)28-29-26(32)23-11-8-12-24(17-23)35(33,34)27-18-20-9-6-5-7-10-20/h5-17,27H,3-4,18-19H2,1-2H3,(H,28,31)(H,29,32). The Morgan fingerprint density at radius 2 is 1.37 bits per heavy atom. The molecular formula is C26H30N4O4S. The normalized spacial score (nSPS) is 11.3. The highest BCUT2D eigenvalue weighted by Crippen LogP contribution is 2.13. The van der Waals surface area contributed by atoms with E-state index in [0.717, 1.165) is 30.8 Å². The molecule has 0 aliphatic heterocycles. The number of carbonyl (C=O) groups is 2. The molecule has 0 aliphatic rings. The minimum absolute atomic E-state index is 0.0452. The van der Waals surface area contributed by atoms with E-state index < -0.39 is 21.8 Å². The third-order valence-electron chi connectivity index (χ3n) is 5.52. The summed E-state index contributed by atoms with van der Waals surface area (Å²) < 4.78 is 27.8. The first-order valence-corrected chi connectivity index (χ1v) is 12.9. The van der Waals surface area contributed by atoms with Crippen molar-refractivity contribution in [1.82, 2.24) is 20.5 Å². The molecule has 184 valence electrons. The van der Waals surface area contributed by atoms with E-state index in [0.29, 0.717) is 5.56 Å². The molecule has 0 unspecified atom stereocenters. The molecule has 3 aromatic carbocycles. The molecule has 8 nitrogen and oxygen atoms in total. The smallest absolute Gasteiger partial charge is 0.269 e. The van der Waals surface area contributed by atoms with Gasteiger partial charge in [0.2, 0.25) is 10.0 Å². The first-order valence-electron chi connectivity index (χ1n) is 11.4. The van der Waals surface area contributed by atoms with E-state index in [-0.39, 0.29) is 17.0 Å². The van der Waals surface area contributed by atoms with E-state index in [1.165, 1.54) is 24.3 Å². The van der Waals surface area contributed by atoms with Crippen LogP contribution in [0.25, 0.3) is 0 Å². The zero-order chi connectivity index (χ0) is 25.3. The molecule has 3 N–H and O–H groups in total. The van der Waals surface area contributed by atoms with Gasteiger partial charge >= 0.3 is 0 Å². The Bertz CT molecular complexity index is 1240. The minimum atomic E-state index is -3.83. The van der Waals surface area contributed by atoms with Crippen molar-refractivity contribution in [2.24, 2.45) is 0 Å². The molecular weight excluding hydrogens is 464 g/mol. The number of rotatable bonds is 10. The highest BCUT2D eigenvalue weighted by atomic mass is 32.2. The van der Waals surface area contributed by atoms with Gasteiger partial charge in [-0.3, -0.25) is 25.3 Å². The van der Waals surface area contributed by atoms with Crippen molar-refractivity contribution in [3.05, 3.63) is 101 Å². The van der Waals surface area contributed by atoms with Gasteiger partial charge in [0.15, 0.2) is 0 Å². The van der Waals surface area contributed by atoms with Crippen LogP contribution < -0.4 is 15.6 Å². The molecule has 0 heterocycles. The number of nitrogens with one attached hydrogen (secondary N) is 3. The molecule has 0 aromatic heterocycles. The molecule has 35 heavy (non-hydrogen) atoms. The highest BCUT2D eigenvalue weighted by molar-refractivity contribution is 7.89. The van der Waals surface area contributed by atoms with Gasteiger partial charge in [-0.1, -0.05) is 62.4 Å². The Kier molecular flexibility index (Phi) is 9.13. The van der Waals surface area contributed by atoms with E-state index >= 15 is 0 Å². The van der Waals surface area contributed by atoms with Gasteiger partial charge in [-0.05, 0) is 54.5 Å². The fraction of sp³-hybridized carbons (Fsp3) is 0.231. The monoisotopic (exact) mass is 494 g/mol. The number of hydrogen-bond donors (Lipinski definition) is 3. The second-order valence-electron chi connectivity index (χ2n) is 7.90. The van der Waals surface area contributed by atoms with Crippen LogP contribution in [0.2, 0.25) is 0 Å². The molecule has 0 bridgehead atoms. The van der Waals surface area contributed by atoms with Crippen LogP contribution in [-0.4, -0.2) is 38.2 Å². The van der Waals surface area contributed by atoms with Crippen LogP contribution in [0.15, 0.2) is 83.8 Å². The van der Waals surface area contributed by atoms with Gasteiger partial charge in [0, 0.05) is 24.2 Å². The molecule has 0 aliphatic carbocycles. The van der Waals surface area contributed by atoms with E-state index in [1.807, 2.05) is 42.5 Å². The van der Waals surface area contributed by atoms with Crippen molar-refractivity contribution in [3.63, 3.8) is 0 Å². The molecule has 0 atom stereocenters. The molecule has 2 amide bonds. The van der Waals surface area contributed by atoms with Crippen molar-refractivity contribution in [2.45, 2.75) is 31.8 Å². The second kappa shape index (κ2) is 12.3. The van der Waals surface area contributed by atoms with Gasteiger partial charge < -0.3 is 0 Å². The van der Waals surface area contributed by atoms with Crippen LogP contribution in [0.1, 0.15) is 45.7 Å². The molecule has 0 spiro atoms. The lowest BCUT2D eigenvalue weighted by atomic mass is 10.1. The number of benzene rings is 3. The number of carbonyl (C=O) groups excluding carboxylic acids is 2. The number of sulfonamides is 1. The molecule has 3 aromatic rings. The third-order valence-corrected chi connectivity index (χ3v) is 6.92. The van der Waals surface area contributed by atoms with Gasteiger partial charge in [-0.25, -0.2) is 13.1 Å². The fourth-order valence-electron chi connectivity index (χ4n) is 3.39. The lowest BCUT2D eigenvalue weighted by molar-refractivity contribution is 0.0846. The minimum Gasteiger partial charge on any atom is -0.300 e. The Morgan fingerprint density at radius 1 is 0.743 bits per heavy atom. The second-order valence-corrected chi connectivity index (χ2v) is 9.67. The van der Waals surface area contributed by atoms with Crippen LogP contribution in [0.4, 0.5) is 0 Å². The lowest BCUT2D eigenvalue weighted by Crippen LogP contribution is -2.41. The van der Waals surface area contributed by atoms with Gasteiger partial charge in [0.1, 0.15) is 0 Å². The van der Waals surface area contributed by atoms with E-state index in [1.54, 1.807) is 12.1 Å². The lowest BCUT2D eigenvalue weighted by Gasteiger charge is -2.18. The average Bonchev–Trinajstić information content (AvgIpc) is 2.90. The maximum Gasteiger partial charge on any atom is 0.269 e. The predicted octanol–water partition coefficient (Wildman–Crippen LogP) is 3.08. The van der Waals surface area contributed by atoms with Crippen LogP contribution in [0, 0.1) is 0 Å². The van der Waals surface area contributed by atoms with Crippen LogP contribution in [-0.2, 0) is 23.1 Å². The zero-order valence-corrected chi connectivity index (χ0v) is 20.6. The van der Waals surface area contributed by atoms with Gasteiger partial charge in [-0.15, -0.1) is 0 Å². The Hall–Kier alpha value is -3.53. The van der Waals surface area contributed by atoms with Crippen LogP contribution in [0.3, 0.4) is 0 Å². The average molecular weight is 495 g/mol. The van der Waals surface area contributed by atoms with Crippen molar-refractivity contribution in [2.75, 3.05) is 13.1 Å². The molecule has 3 rings (SSSR count). The molecule has 0 fully saturated rings. The highest BCUT2D eigenvalue weighted by Gasteiger charge is 2.17. The SMILES string of the molecule is CCN(CC)Cc1ccc(C(=O)NNC(=O)c2cccc(S(=O)(=O)NCc3ccccc3)c2)cc1. The molecule has 0 radical (unpaired) electrons. The van der Waals surface area contributed by atoms with Crippen molar-refractivity contribution in [3.8, 4) is 0 Å². The first-order chi connectivity index (χ1) is 16.8. The van der Waals surface area contributed by atoms with Crippen molar-refractivity contribution in [1.29, 1.82) is 0 Å². The zero-order valence-electron chi connectivity index (χ0n) is 19.8. The molecule has 0 saturated heterocycles. The topological polar surface area (TPSA) is 108 Å². The van der Waals surface area contributed by atoms with Crippen molar-refractivity contribution < 1.29 is 18.0 Å². The largest absolute Gasteiger partial charge is 0.300 e. The Balaban J connectivity index is 1.58. The quantitative estimate of drug-likeness (QED) is 0.376. The summed E-state index contributed by atoms with van der Waals surface area (Å²) in [5.41, 5.74) is 7.11. The van der Waals surface area contributed by atoms with E-state index in [2.05, 4.69) is 34.3 Å². The number of amides is 2. The van der Waals surface area contributed by atoms with Crippen molar-refractivity contribution >= 4 is 21.8 Å². The Labute approximate surface area is 206 Å². The number of hydrogen-bond acceptors (Lipinski definition) is 5. The first kappa shape index (κ1) is 26.1. The van der Waals surface area contributed by atoms with E-state index in [4.69, 9.17) is 0 Å².